The highest BCUT2D eigenvalue weighted by molar-refractivity contribution is 9.11. The van der Waals surface area contributed by atoms with E-state index in [4.69, 9.17) is 0 Å². The smallest absolute Gasteiger partial charge is 0.0129 e. The van der Waals surface area contributed by atoms with Gasteiger partial charge in [0.25, 0.3) is 0 Å². The molecular formula is C11H21Br. The Morgan fingerprint density at radius 2 is 1.58 bits per heavy atom. The van der Waals surface area contributed by atoms with Crippen LogP contribution >= 0.6 is 15.9 Å². The van der Waals surface area contributed by atoms with Crippen molar-refractivity contribution in [1.82, 2.24) is 0 Å². The summed E-state index contributed by atoms with van der Waals surface area (Å²) in [5.74, 6) is 0. The summed E-state index contributed by atoms with van der Waals surface area (Å²) in [6.45, 7) is 14.2. The fraction of sp³-hybridized carbons (Fsp3) is 0.455. The van der Waals surface area contributed by atoms with E-state index in [-0.39, 0.29) is 0 Å². The lowest BCUT2D eigenvalue weighted by molar-refractivity contribution is 1.09. The molecule has 72 valence electrons. The molecule has 0 saturated carbocycles. The lowest BCUT2D eigenvalue weighted by atomic mass is 10.5. The molecule has 0 amide bonds. The average Bonchev–Trinajstić information content (AvgIpc) is 2.10. The Bertz CT molecular complexity index is 112. The van der Waals surface area contributed by atoms with Crippen molar-refractivity contribution in [3.8, 4) is 0 Å². The summed E-state index contributed by atoms with van der Waals surface area (Å²) >= 11 is 3.31. The van der Waals surface area contributed by atoms with Crippen LogP contribution in [0.15, 0.2) is 35.9 Å². The van der Waals surface area contributed by atoms with E-state index in [0.717, 1.165) is 4.48 Å². The van der Waals surface area contributed by atoms with Gasteiger partial charge in [0, 0.05) is 4.48 Å². The maximum atomic E-state index is 3.31. The van der Waals surface area contributed by atoms with Gasteiger partial charge in [0.05, 0.1) is 0 Å². The van der Waals surface area contributed by atoms with Crippen LogP contribution < -0.4 is 0 Å². The van der Waals surface area contributed by atoms with Crippen molar-refractivity contribution in [1.29, 1.82) is 0 Å². The molecule has 1 heteroatoms. The van der Waals surface area contributed by atoms with Crippen molar-refractivity contribution in [2.24, 2.45) is 0 Å². The van der Waals surface area contributed by atoms with Gasteiger partial charge < -0.3 is 0 Å². The topological polar surface area (TPSA) is 0 Å². The van der Waals surface area contributed by atoms with Crippen LogP contribution in [-0.2, 0) is 0 Å². The minimum atomic E-state index is 1.13. The maximum Gasteiger partial charge on any atom is 0.0129 e. The molecule has 0 saturated heterocycles. The van der Waals surface area contributed by atoms with Crippen LogP contribution in [-0.4, -0.2) is 0 Å². The van der Waals surface area contributed by atoms with Crippen LogP contribution in [0.2, 0.25) is 0 Å². The monoisotopic (exact) mass is 232 g/mol. The molecule has 0 heterocycles. The van der Waals surface area contributed by atoms with Crippen LogP contribution in [0.25, 0.3) is 0 Å². The first-order valence-electron chi connectivity index (χ1n) is 4.17. The van der Waals surface area contributed by atoms with Gasteiger partial charge >= 0.3 is 0 Å². The van der Waals surface area contributed by atoms with E-state index >= 15 is 0 Å². The fourth-order valence-electron chi connectivity index (χ4n) is 0.255. The first kappa shape index (κ1) is 17.7. The molecule has 0 nitrogen and oxygen atoms in total. The van der Waals surface area contributed by atoms with Gasteiger partial charge in [0.1, 0.15) is 0 Å². The van der Waals surface area contributed by atoms with Crippen LogP contribution in [0.3, 0.4) is 0 Å². The van der Waals surface area contributed by atoms with Gasteiger partial charge in [-0.25, -0.2) is 0 Å². The Labute approximate surface area is 86.2 Å². The van der Waals surface area contributed by atoms with Crippen LogP contribution in [0.4, 0.5) is 0 Å². The second-order valence-corrected chi connectivity index (χ2v) is 2.80. The Balaban J connectivity index is -0.000000137. The summed E-state index contributed by atoms with van der Waals surface area (Å²) in [5, 5.41) is 0. The number of allylic oxidation sites excluding steroid dienone is 4. The zero-order valence-corrected chi connectivity index (χ0v) is 10.3. The lowest BCUT2D eigenvalue weighted by Gasteiger charge is -1.78. The van der Waals surface area contributed by atoms with Crippen molar-refractivity contribution >= 4 is 15.9 Å². The summed E-state index contributed by atoms with van der Waals surface area (Å²) in [6.07, 6.45) is 7.24. The van der Waals surface area contributed by atoms with Gasteiger partial charge in [-0.05, 0) is 13.8 Å². The maximum absolute atomic E-state index is 3.31. The molecule has 0 rings (SSSR count). The Morgan fingerprint density at radius 3 is 1.67 bits per heavy atom. The molecule has 0 N–H and O–H groups in total. The fourth-order valence-corrected chi connectivity index (χ4v) is 0.520. The highest BCUT2D eigenvalue weighted by Crippen LogP contribution is 2.04. The van der Waals surface area contributed by atoms with E-state index in [0.29, 0.717) is 0 Å². The summed E-state index contributed by atoms with van der Waals surface area (Å²) < 4.78 is 1.13. The average molecular weight is 233 g/mol. The van der Waals surface area contributed by atoms with E-state index in [2.05, 4.69) is 42.9 Å². The molecule has 0 radical (unpaired) electrons. The summed E-state index contributed by atoms with van der Waals surface area (Å²) in [6, 6.07) is 0. The van der Waals surface area contributed by atoms with Gasteiger partial charge in [-0.1, -0.05) is 54.4 Å². The third kappa shape index (κ3) is 33.2. The molecule has 12 heavy (non-hydrogen) atoms. The van der Waals surface area contributed by atoms with E-state index < -0.39 is 0 Å². The predicted octanol–water partition coefficient (Wildman–Crippen LogP) is 5.08. The number of hydrogen-bond acceptors (Lipinski definition) is 0. The van der Waals surface area contributed by atoms with E-state index in [1.165, 1.54) is 6.42 Å². The van der Waals surface area contributed by atoms with Crippen LogP contribution in [0, 0.1) is 0 Å². The molecule has 0 bridgehead atoms. The predicted molar refractivity (Wildman–Crippen MR) is 64.7 cm³/mol. The third-order valence-corrected chi connectivity index (χ3v) is 1.32. The molecular weight excluding hydrogens is 212 g/mol. The minimum Gasteiger partial charge on any atom is -0.106 e. The quantitative estimate of drug-likeness (QED) is 0.437. The molecule has 0 unspecified atom stereocenters. The van der Waals surface area contributed by atoms with Gasteiger partial charge in [-0.2, -0.15) is 0 Å². The number of rotatable bonds is 1. The first-order valence-corrected chi connectivity index (χ1v) is 4.96. The second-order valence-electron chi connectivity index (χ2n) is 1.88. The van der Waals surface area contributed by atoms with Crippen molar-refractivity contribution in [2.75, 3.05) is 0 Å². The molecule has 0 aliphatic carbocycles. The summed E-state index contributed by atoms with van der Waals surface area (Å²) in [4.78, 5) is 0. The van der Waals surface area contributed by atoms with Gasteiger partial charge in [-0.3, -0.25) is 0 Å². The lowest BCUT2D eigenvalue weighted by Crippen LogP contribution is -1.53. The highest BCUT2D eigenvalue weighted by Gasteiger charge is 1.72. The Morgan fingerprint density at radius 1 is 1.25 bits per heavy atom. The van der Waals surface area contributed by atoms with E-state index in [9.17, 15) is 0 Å². The van der Waals surface area contributed by atoms with Gasteiger partial charge in [0.2, 0.25) is 0 Å². The SMILES string of the molecule is C=C.CC=C(Br)/C=C\C.CCC. The van der Waals surface area contributed by atoms with Crippen molar-refractivity contribution < 1.29 is 0 Å². The molecule has 0 fully saturated rings. The van der Waals surface area contributed by atoms with Crippen molar-refractivity contribution in [3.63, 3.8) is 0 Å². The number of halogens is 1. The molecule has 0 aromatic rings. The highest BCUT2D eigenvalue weighted by atomic mass is 79.9. The molecule has 0 aliphatic rings. The van der Waals surface area contributed by atoms with E-state index in [1.807, 2.05) is 32.1 Å². The van der Waals surface area contributed by atoms with Crippen LogP contribution in [0.1, 0.15) is 34.1 Å². The van der Waals surface area contributed by atoms with Crippen LogP contribution in [0.5, 0.6) is 0 Å². The summed E-state index contributed by atoms with van der Waals surface area (Å²) in [5.41, 5.74) is 0. The largest absolute Gasteiger partial charge is 0.106 e. The van der Waals surface area contributed by atoms with Crippen molar-refractivity contribution in [3.05, 3.63) is 35.9 Å². The molecule has 0 spiro atoms. The Hall–Kier alpha value is -0.300. The normalized spacial score (nSPS) is 9.58. The zero-order valence-electron chi connectivity index (χ0n) is 8.73. The molecule has 0 atom stereocenters. The molecule has 0 aromatic heterocycles. The van der Waals surface area contributed by atoms with Gasteiger partial charge in [-0.15, -0.1) is 13.2 Å². The standard InChI is InChI=1S/C6H9Br.C3H8.C2H4/c1-3-5-6(7)4-2;1-3-2;1-2/h3-5H,1-2H3;3H2,1-2H3;1-2H2/b5-3-,6-4?;;. The molecule has 0 aromatic carbocycles. The second kappa shape index (κ2) is 22.4. The van der Waals surface area contributed by atoms with Gasteiger partial charge in [0.15, 0.2) is 0 Å². The minimum absolute atomic E-state index is 1.13. The number of hydrogen-bond donors (Lipinski definition) is 0. The molecule has 0 aliphatic heterocycles. The third-order valence-electron chi connectivity index (χ3n) is 0.602. The van der Waals surface area contributed by atoms with Crippen molar-refractivity contribution in [2.45, 2.75) is 34.1 Å². The first-order chi connectivity index (χ1) is 5.72. The van der Waals surface area contributed by atoms with E-state index in [1.54, 1.807) is 0 Å². The zero-order chi connectivity index (χ0) is 10.4. The Kier molecular flexibility index (Phi) is 33.1. The summed E-state index contributed by atoms with van der Waals surface area (Å²) in [7, 11) is 0.